The molecular weight excluding hydrogens is 462 g/mol. The number of anilines is 1. The van der Waals surface area contributed by atoms with Crippen molar-refractivity contribution >= 4 is 22.6 Å². The van der Waals surface area contributed by atoms with Crippen LogP contribution in [0.25, 0.3) is 22.3 Å². The smallest absolute Gasteiger partial charge is 0.343 e. The summed E-state index contributed by atoms with van der Waals surface area (Å²) in [7, 11) is 0. The van der Waals surface area contributed by atoms with Crippen LogP contribution >= 0.6 is 0 Å². The first-order valence-corrected chi connectivity index (χ1v) is 12.6. The molecule has 1 saturated heterocycles. The highest BCUT2D eigenvalue weighted by molar-refractivity contribution is 5.99. The number of aliphatic hydroxyl groups is 1. The van der Waals surface area contributed by atoms with Crippen molar-refractivity contribution in [2.45, 2.75) is 64.3 Å². The van der Waals surface area contributed by atoms with Gasteiger partial charge in [0.2, 0.25) is 6.79 Å². The molecule has 3 aromatic rings. The van der Waals surface area contributed by atoms with Crippen LogP contribution in [-0.4, -0.2) is 40.0 Å². The van der Waals surface area contributed by atoms with Gasteiger partial charge in [-0.15, -0.1) is 0 Å². The maximum atomic E-state index is 13.7. The van der Waals surface area contributed by atoms with Crippen molar-refractivity contribution in [2.24, 2.45) is 0 Å². The van der Waals surface area contributed by atoms with E-state index in [2.05, 4.69) is 11.8 Å². The number of pyridine rings is 2. The summed E-state index contributed by atoms with van der Waals surface area (Å²) in [5.41, 5.74) is 2.66. The Morgan fingerprint density at radius 3 is 2.69 bits per heavy atom. The predicted molar refractivity (Wildman–Crippen MR) is 131 cm³/mol. The van der Waals surface area contributed by atoms with Gasteiger partial charge in [0.25, 0.3) is 5.56 Å². The van der Waals surface area contributed by atoms with Gasteiger partial charge >= 0.3 is 5.97 Å². The zero-order chi connectivity index (χ0) is 24.8. The minimum absolute atomic E-state index is 0.111. The van der Waals surface area contributed by atoms with Crippen molar-refractivity contribution < 1.29 is 24.1 Å². The molecule has 9 nitrogen and oxygen atoms in total. The van der Waals surface area contributed by atoms with E-state index in [1.807, 2.05) is 12.1 Å². The number of esters is 1. The van der Waals surface area contributed by atoms with Crippen molar-refractivity contribution in [1.29, 1.82) is 0 Å². The Kier molecular flexibility index (Phi) is 4.49. The van der Waals surface area contributed by atoms with Crippen LogP contribution in [-0.2, 0) is 28.3 Å². The number of carbonyl (C=O) groups excluding carboxylic acids is 1. The molecular formula is C27H27N3O6. The number of aromatic nitrogens is 2. The molecule has 1 N–H and O–H groups in total. The van der Waals surface area contributed by atoms with Crippen molar-refractivity contribution in [3.8, 4) is 22.9 Å². The van der Waals surface area contributed by atoms with Gasteiger partial charge in [0, 0.05) is 35.2 Å². The van der Waals surface area contributed by atoms with E-state index in [9.17, 15) is 14.7 Å². The molecule has 0 bridgehead atoms. The van der Waals surface area contributed by atoms with Gasteiger partial charge in [-0.1, -0.05) is 6.92 Å². The molecule has 1 aromatic carbocycles. The lowest BCUT2D eigenvalue weighted by atomic mass is 9.86. The Hall–Kier alpha value is -3.59. The van der Waals surface area contributed by atoms with Crippen LogP contribution in [0, 0.1) is 0 Å². The van der Waals surface area contributed by atoms with Crippen molar-refractivity contribution in [2.75, 3.05) is 18.2 Å². The van der Waals surface area contributed by atoms with Gasteiger partial charge in [-0.05, 0) is 44.7 Å². The van der Waals surface area contributed by atoms with Crippen LogP contribution < -0.4 is 19.9 Å². The largest absolute Gasteiger partial charge is 0.458 e. The molecule has 0 spiro atoms. The van der Waals surface area contributed by atoms with Crippen LogP contribution in [0.15, 0.2) is 23.0 Å². The average molecular weight is 490 g/mol. The second-order valence-electron chi connectivity index (χ2n) is 10.2. The second kappa shape index (κ2) is 7.46. The third-order valence-electron chi connectivity index (χ3n) is 8.24. The van der Waals surface area contributed by atoms with E-state index in [0.29, 0.717) is 46.6 Å². The zero-order valence-corrected chi connectivity index (χ0v) is 20.3. The van der Waals surface area contributed by atoms with Crippen molar-refractivity contribution in [3.63, 3.8) is 0 Å². The number of piperidine rings is 1. The van der Waals surface area contributed by atoms with Crippen molar-refractivity contribution in [3.05, 3.63) is 45.2 Å². The maximum absolute atomic E-state index is 13.7. The highest BCUT2D eigenvalue weighted by Gasteiger charge is 2.45. The molecule has 7 rings (SSSR count). The number of benzene rings is 1. The molecule has 4 aliphatic heterocycles. The fourth-order valence-electron chi connectivity index (χ4n) is 6.21. The summed E-state index contributed by atoms with van der Waals surface area (Å²) in [5, 5.41) is 12.2. The van der Waals surface area contributed by atoms with Gasteiger partial charge in [0.1, 0.15) is 6.61 Å². The predicted octanol–water partition coefficient (Wildman–Crippen LogP) is 3.19. The fourth-order valence-corrected chi connectivity index (χ4v) is 6.21. The van der Waals surface area contributed by atoms with E-state index in [4.69, 9.17) is 19.2 Å². The molecule has 36 heavy (non-hydrogen) atoms. The molecule has 2 atom stereocenters. The maximum Gasteiger partial charge on any atom is 0.343 e. The summed E-state index contributed by atoms with van der Waals surface area (Å²) in [6.07, 6.45) is 3.48. The topological polar surface area (TPSA) is 103 Å². The Morgan fingerprint density at radius 2 is 1.92 bits per heavy atom. The van der Waals surface area contributed by atoms with E-state index < -0.39 is 11.6 Å². The van der Waals surface area contributed by atoms with Crippen LogP contribution in [0.2, 0.25) is 0 Å². The molecule has 0 saturated carbocycles. The minimum atomic E-state index is -1.85. The first kappa shape index (κ1) is 21.7. The highest BCUT2D eigenvalue weighted by atomic mass is 16.7. The number of rotatable bonds is 2. The van der Waals surface area contributed by atoms with Crippen LogP contribution in [0.3, 0.4) is 0 Å². The number of hydrogen-bond donors (Lipinski definition) is 1. The summed E-state index contributed by atoms with van der Waals surface area (Å²) in [5.74, 6) is 0.626. The summed E-state index contributed by atoms with van der Waals surface area (Å²) in [4.78, 5) is 33.6. The van der Waals surface area contributed by atoms with Gasteiger partial charge in [-0.2, -0.15) is 0 Å². The molecule has 0 aliphatic carbocycles. The van der Waals surface area contributed by atoms with E-state index in [-0.39, 0.29) is 25.4 Å². The molecule has 2 aromatic heterocycles. The standard InChI is InChI=1S/C27H27N3O6/c1-3-27(33)18-9-20-23-16(11-30(20)25(31)17(18)12-34-26(27)32)24(29-7-5-4-6-14(29)2)15-8-21-22(36-13-35-21)10-19(15)28-23/h8-10,14,33H,3-7,11-13H2,1-2H3/t14?,27-/m0/s1. The summed E-state index contributed by atoms with van der Waals surface area (Å²) in [6, 6.07) is 6.00. The van der Waals surface area contributed by atoms with Gasteiger partial charge in [-0.3, -0.25) is 4.79 Å². The molecule has 4 aliphatic rings. The molecule has 6 heterocycles. The van der Waals surface area contributed by atoms with Crippen LogP contribution in [0.1, 0.15) is 56.2 Å². The molecule has 9 heteroatoms. The number of carbonyl (C=O) groups is 1. The molecule has 0 radical (unpaired) electrons. The second-order valence-corrected chi connectivity index (χ2v) is 10.2. The molecule has 1 fully saturated rings. The average Bonchev–Trinajstić information content (AvgIpc) is 3.49. The number of hydrogen-bond acceptors (Lipinski definition) is 8. The normalized spacial score (nSPS) is 23.9. The number of nitrogens with zero attached hydrogens (tertiary/aromatic N) is 3. The third-order valence-corrected chi connectivity index (χ3v) is 8.24. The molecule has 1 unspecified atom stereocenters. The van der Waals surface area contributed by atoms with Gasteiger partial charge < -0.3 is 28.8 Å². The number of cyclic esters (lactones) is 1. The van der Waals surface area contributed by atoms with Crippen LogP contribution in [0.4, 0.5) is 5.69 Å². The first-order valence-electron chi connectivity index (χ1n) is 12.6. The van der Waals surface area contributed by atoms with Crippen LogP contribution in [0.5, 0.6) is 11.5 Å². The Bertz CT molecular complexity index is 1530. The summed E-state index contributed by atoms with van der Waals surface area (Å²) >= 11 is 0. The Morgan fingerprint density at radius 1 is 1.11 bits per heavy atom. The Balaban J connectivity index is 1.52. The number of fused-ring (bicyclic) bond motifs is 6. The highest BCUT2D eigenvalue weighted by Crippen LogP contribution is 2.47. The summed E-state index contributed by atoms with van der Waals surface area (Å²) in [6.45, 7) is 5.27. The molecule has 0 amide bonds. The number of ether oxygens (including phenoxy) is 3. The molecule has 186 valence electrons. The lowest BCUT2D eigenvalue weighted by molar-refractivity contribution is -0.172. The monoisotopic (exact) mass is 489 g/mol. The fraction of sp³-hybridized carbons (Fsp3) is 0.444. The summed E-state index contributed by atoms with van der Waals surface area (Å²) < 4.78 is 18.2. The zero-order valence-electron chi connectivity index (χ0n) is 20.3. The van der Waals surface area contributed by atoms with E-state index in [0.717, 1.165) is 41.5 Å². The Labute approximate surface area is 207 Å². The lowest BCUT2D eigenvalue weighted by Crippen LogP contribution is -2.44. The lowest BCUT2D eigenvalue weighted by Gasteiger charge is -2.37. The van der Waals surface area contributed by atoms with Gasteiger partial charge in [0.05, 0.1) is 34.7 Å². The quantitative estimate of drug-likeness (QED) is 0.429. The van der Waals surface area contributed by atoms with Crippen molar-refractivity contribution in [1.82, 2.24) is 9.55 Å². The SMILES string of the molecule is CC[C@@]1(O)C(=O)OCc2c1cc1n(c2=O)Cc2c-1nc1cc3c(cc1c2N1CCCCC1C)OCO3. The van der Waals surface area contributed by atoms with Gasteiger partial charge in [-0.25, -0.2) is 9.78 Å². The van der Waals surface area contributed by atoms with E-state index >= 15 is 0 Å². The van der Waals surface area contributed by atoms with E-state index in [1.165, 1.54) is 6.42 Å². The first-order chi connectivity index (χ1) is 17.4. The third kappa shape index (κ3) is 2.77. The van der Waals surface area contributed by atoms with E-state index in [1.54, 1.807) is 17.6 Å². The minimum Gasteiger partial charge on any atom is -0.458 e. The van der Waals surface area contributed by atoms with Gasteiger partial charge in [0.15, 0.2) is 17.1 Å².